The molecule has 21 heavy (non-hydrogen) atoms. The van der Waals surface area contributed by atoms with Gasteiger partial charge in [0, 0.05) is 25.7 Å². The van der Waals surface area contributed by atoms with Crippen molar-refractivity contribution in [1.82, 2.24) is 9.80 Å². The molecule has 1 N–H and O–H groups in total. The molecule has 2 aliphatic rings. The standard InChI is InChI=1S/C16H28N2O3/c1-12(2)7-10-18(13-5-6-13)15(21)17-9-4-8-16(3,11-17)14(19)20/h12-13H,4-11H2,1-3H3,(H,19,20). The molecular weight excluding hydrogens is 268 g/mol. The summed E-state index contributed by atoms with van der Waals surface area (Å²) < 4.78 is 0. The Labute approximate surface area is 127 Å². The van der Waals surface area contributed by atoms with Crippen LogP contribution in [0.4, 0.5) is 4.79 Å². The van der Waals surface area contributed by atoms with Crippen LogP contribution in [0.5, 0.6) is 0 Å². The zero-order chi connectivity index (χ0) is 15.6. The van der Waals surface area contributed by atoms with E-state index in [0.717, 1.165) is 32.2 Å². The Hall–Kier alpha value is -1.26. The Morgan fingerprint density at radius 1 is 1.38 bits per heavy atom. The largest absolute Gasteiger partial charge is 0.481 e. The average molecular weight is 296 g/mol. The number of hydrogen-bond acceptors (Lipinski definition) is 2. The van der Waals surface area contributed by atoms with Gasteiger partial charge in [0.1, 0.15) is 0 Å². The molecule has 0 aromatic carbocycles. The van der Waals surface area contributed by atoms with Crippen molar-refractivity contribution in [3.63, 3.8) is 0 Å². The van der Waals surface area contributed by atoms with E-state index in [-0.39, 0.29) is 6.03 Å². The van der Waals surface area contributed by atoms with E-state index in [4.69, 9.17) is 0 Å². The Balaban J connectivity index is 2.01. The molecule has 2 rings (SSSR count). The number of likely N-dealkylation sites (tertiary alicyclic amines) is 1. The summed E-state index contributed by atoms with van der Waals surface area (Å²) in [6.07, 6.45) is 4.62. The van der Waals surface area contributed by atoms with Gasteiger partial charge in [-0.3, -0.25) is 4.79 Å². The number of carboxylic acid groups (broad SMARTS) is 1. The minimum Gasteiger partial charge on any atom is -0.481 e. The zero-order valence-electron chi connectivity index (χ0n) is 13.5. The van der Waals surface area contributed by atoms with Crippen molar-refractivity contribution < 1.29 is 14.7 Å². The van der Waals surface area contributed by atoms with Crippen molar-refractivity contribution in [1.29, 1.82) is 0 Å². The molecule has 1 saturated heterocycles. The predicted molar refractivity (Wildman–Crippen MR) is 81.1 cm³/mol. The van der Waals surface area contributed by atoms with Crippen LogP contribution in [0, 0.1) is 11.3 Å². The number of rotatable bonds is 5. The SMILES string of the molecule is CC(C)CCN(C(=O)N1CCCC(C)(C(=O)O)C1)C1CC1. The highest BCUT2D eigenvalue weighted by Crippen LogP contribution is 2.33. The Kier molecular flexibility index (Phi) is 4.79. The lowest BCUT2D eigenvalue weighted by molar-refractivity contribution is -0.150. The van der Waals surface area contributed by atoms with Gasteiger partial charge in [-0.1, -0.05) is 13.8 Å². The molecule has 0 spiro atoms. The van der Waals surface area contributed by atoms with Crippen molar-refractivity contribution in [2.45, 2.75) is 58.9 Å². The number of urea groups is 1. The second-order valence-corrected chi connectivity index (χ2v) is 7.28. The van der Waals surface area contributed by atoms with Gasteiger partial charge in [0.05, 0.1) is 5.41 Å². The van der Waals surface area contributed by atoms with Gasteiger partial charge in [-0.05, 0) is 44.9 Å². The molecule has 1 heterocycles. The Morgan fingerprint density at radius 3 is 2.57 bits per heavy atom. The van der Waals surface area contributed by atoms with Gasteiger partial charge in [-0.25, -0.2) is 4.79 Å². The topological polar surface area (TPSA) is 60.9 Å². The molecule has 1 aliphatic heterocycles. The maximum Gasteiger partial charge on any atom is 0.320 e. The maximum atomic E-state index is 12.8. The third kappa shape index (κ3) is 3.89. The smallest absolute Gasteiger partial charge is 0.320 e. The molecule has 0 radical (unpaired) electrons. The number of hydrogen-bond donors (Lipinski definition) is 1. The van der Waals surface area contributed by atoms with E-state index in [1.807, 2.05) is 4.90 Å². The molecule has 1 atom stereocenters. The normalized spacial score (nSPS) is 26.0. The van der Waals surface area contributed by atoms with Crippen LogP contribution in [-0.4, -0.2) is 52.6 Å². The van der Waals surface area contributed by atoms with Crippen LogP contribution < -0.4 is 0 Å². The highest BCUT2D eigenvalue weighted by Gasteiger charge is 2.42. The third-order valence-electron chi connectivity index (χ3n) is 4.66. The molecule has 0 bridgehead atoms. The first-order chi connectivity index (χ1) is 9.83. The summed E-state index contributed by atoms with van der Waals surface area (Å²) in [6, 6.07) is 0.430. The van der Waals surface area contributed by atoms with Crippen LogP contribution >= 0.6 is 0 Å². The van der Waals surface area contributed by atoms with Crippen LogP contribution in [0.3, 0.4) is 0 Å². The number of nitrogens with zero attached hydrogens (tertiary/aromatic N) is 2. The van der Waals surface area contributed by atoms with Gasteiger partial charge in [-0.2, -0.15) is 0 Å². The molecule has 120 valence electrons. The van der Waals surface area contributed by atoms with E-state index in [2.05, 4.69) is 13.8 Å². The summed E-state index contributed by atoms with van der Waals surface area (Å²) in [7, 11) is 0. The number of carbonyl (C=O) groups excluding carboxylic acids is 1. The summed E-state index contributed by atoms with van der Waals surface area (Å²) in [5.41, 5.74) is -0.790. The molecule has 2 amide bonds. The first-order valence-corrected chi connectivity index (χ1v) is 8.12. The maximum absolute atomic E-state index is 12.8. The summed E-state index contributed by atoms with van der Waals surface area (Å²) in [6.45, 7) is 7.90. The fourth-order valence-electron chi connectivity index (χ4n) is 2.98. The van der Waals surface area contributed by atoms with Crippen molar-refractivity contribution >= 4 is 12.0 Å². The Morgan fingerprint density at radius 2 is 2.05 bits per heavy atom. The van der Waals surface area contributed by atoms with Gasteiger partial charge in [0.2, 0.25) is 0 Å². The quantitative estimate of drug-likeness (QED) is 0.848. The molecule has 2 fully saturated rings. The molecular formula is C16H28N2O3. The summed E-state index contributed by atoms with van der Waals surface area (Å²) in [5, 5.41) is 9.38. The number of carbonyl (C=O) groups is 2. The van der Waals surface area contributed by atoms with E-state index in [1.165, 1.54) is 0 Å². The van der Waals surface area contributed by atoms with Crippen molar-refractivity contribution in [3.05, 3.63) is 0 Å². The molecule has 1 unspecified atom stereocenters. The summed E-state index contributed by atoms with van der Waals surface area (Å²) >= 11 is 0. The van der Waals surface area contributed by atoms with Gasteiger partial charge in [0.25, 0.3) is 0 Å². The van der Waals surface area contributed by atoms with E-state index in [1.54, 1.807) is 11.8 Å². The second-order valence-electron chi connectivity index (χ2n) is 7.28. The lowest BCUT2D eigenvalue weighted by Gasteiger charge is -2.40. The van der Waals surface area contributed by atoms with Crippen molar-refractivity contribution in [3.8, 4) is 0 Å². The zero-order valence-corrected chi connectivity index (χ0v) is 13.5. The molecule has 0 aromatic heterocycles. The van der Waals surface area contributed by atoms with Crippen LogP contribution in [-0.2, 0) is 4.79 Å². The molecule has 0 aromatic rings. The number of aliphatic carboxylic acids is 1. The fourth-order valence-corrected chi connectivity index (χ4v) is 2.98. The number of carboxylic acids is 1. The van der Waals surface area contributed by atoms with E-state index < -0.39 is 11.4 Å². The van der Waals surface area contributed by atoms with Gasteiger partial charge in [0.15, 0.2) is 0 Å². The monoisotopic (exact) mass is 296 g/mol. The molecule has 5 nitrogen and oxygen atoms in total. The minimum absolute atomic E-state index is 0.0466. The summed E-state index contributed by atoms with van der Waals surface area (Å²) in [5.74, 6) is -0.218. The summed E-state index contributed by atoms with van der Waals surface area (Å²) in [4.78, 5) is 27.9. The minimum atomic E-state index is -0.792. The predicted octanol–water partition coefficient (Wildman–Crippen LogP) is 2.80. The highest BCUT2D eigenvalue weighted by atomic mass is 16.4. The molecule has 1 aliphatic carbocycles. The second kappa shape index (κ2) is 6.24. The van der Waals surface area contributed by atoms with E-state index in [9.17, 15) is 14.7 Å². The van der Waals surface area contributed by atoms with E-state index >= 15 is 0 Å². The lowest BCUT2D eigenvalue weighted by atomic mass is 9.82. The van der Waals surface area contributed by atoms with Gasteiger partial charge >= 0.3 is 12.0 Å². The van der Waals surface area contributed by atoms with Crippen molar-refractivity contribution in [2.75, 3.05) is 19.6 Å². The molecule has 5 heteroatoms. The number of amides is 2. The van der Waals surface area contributed by atoms with Gasteiger partial charge in [-0.15, -0.1) is 0 Å². The average Bonchev–Trinajstić information content (AvgIpc) is 3.23. The van der Waals surface area contributed by atoms with Crippen LogP contribution in [0.25, 0.3) is 0 Å². The van der Waals surface area contributed by atoms with Crippen LogP contribution in [0.15, 0.2) is 0 Å². The van der Waals surface area contributed by atoms with Gasteiger partial charge < -0.3 is 14.9 Å². The van der Waals surface area contributed by atoms with Crippen LogP contribution in [0.2, 0.25) is 0 Å². The Bertz CT molecular complexity index is 406. The fraction of sp³-hybridized carbons (Fsp3) is 0.875. The lowest BCUT2D eigenvalue weighted by Crippen LogP contribution is -2.53. The van der Waals surface area contributed by atoms with E-state index in [0.29, 0.717) is 31.5 Å². The van der Waals surface area contributed by atoms with Crippen LogP contribution in [0.1, 0.15) is 52.9 Å². The molecule has 1 saturated carbocycles. The first-order valence-electron chi connectivity index (χ1n) is 8.12. The third-order valence-corrected chi connectivity index (χ3v) is 4.66. The van der Waals surface area contributed by atoms with Crippen molar-refractivity contribution in [2.24, 2.45) is 11.3 Å². The number of piperidine rings is 1. The highest BCUT2D eigenvalue weighted by molar-refractivity contribution is 5.79. The first kappa shape index (κ1) is 16.1.